The fraction of sp³-hybridized carbons (Fsp3) is 0.375. The summed E-state index contributed by atoms with van der Waals surface area (Å²) in [6, 6.07) is 1.87. The summed E-state index contributed by atoms with van der Waals surface area (Å²) in [7, 11) is 1.36. The molecular weight excluding hydrogens is 308 g/mol. The van der Waals surface area contributed by atoms with E-state index >= 15 is 0 Å². The van der Waals surface area contributed by atoms with E-state index in [4.69, 9.17) is 9.47 Å². The SMILES string of the molecule is COC(C)OC(=O)c1cn(C2CC2)c2cc(F)c(F)cc2c1=O. The van der Waals surface area contributed by atoms with Crippen LogP contribution >= 0.6 is 0 Å². The van der Waals surface area contributed by atoms with Gasteiger partial charge in [0.1, 0.15) is 5.56 Å². The minimum Gasteiger partial charge on any atom is -0.432 e. The largest absolute Gasteiger partial charge is 0.432 e. The van der Waals surface area contributed by atoms with E-state index in [-0.39, 0.29) is 22.5 Å². The van der Waals surface area contributed by atoms with Gasteiger partial charge in [0.05, 0.1) is 5.52 Å². The van der Waals surface area contributed by atoms with Crippen molar-refractivity contribution in [3.63, 3.8) is 0 Å². The van der Waals surface area contributed by atoms with Crippen LogP contribution < -0.4 is 5.43 Å². The van der Waals surface area contributed by atoms with E-state index in [0.29, 0.717) is 0 Å². The highest BCUT2D eigenvalue weighted by Gasteiger charge is 2.28. The summed E-state index contributed by atoms with van der Waals surface area (Å²) in [6.45, 7) is 1.51. The molecule has 5 nitrogen and oxygen atoms in total. The zero-order chi connectivity index (χ0) is 16.7. The number of carbonyl (C=O) groups is 1. The maximum Gasteiger partial charge on any atom is 0.345 e. The summed E-state index contributed by atoms with van der Waals surface area (Å²) in [5, 5.41) is -0.0460. The van der Waals surface area contributed by atoms with Crippen molar-refractivity contribution in [1.82, 2.24) is 4.57 Å². The Morgan fingerprint density at radius 2 is 1.96 bits per heavy atom. The van der Waals surface area contributed by atoms with Crippen molar-refractivity contribution in [1.29, 1.82) is 0 Å². The maximum absolute atomic E-state index is 13.5. The number of carbonyl (C=O) groups excluding carboxylic acids is 1. The van der Waals surface area contributed by atoms with Crippen LogP contribution in [-0.4, -0.2) is 23.9 Å². The lowest BCUT2D eigenvalue weighted by Gasteiger charge is -2.14. The van der Waals surface area contributed by atoms with E-state index in [9.17, 15) is 18.4 Å². The van der Waals surface area contributed by atoms with Crippen molar-refractivity contribution in [3.8, 4) is 0 Å². The summed E-state index contributed by atoms with van der Waals surface area (Å²) in [4.78, 5) is 24.6. The Hall–Kier alpha value is -2.28. The number of benzene rings is 1. The lowest BCUT2D eigenvalue weighted by molar-refractivity contribution is -0.0774. The molecule has 7 heteroatoms. The number of esters is 1. The first-order valence-electron chi connectivity index (χ1n) is 7.20. The van der Waals surface area contributed by atoms with Crippen LogP contribution in [0.15, 0.2) is 23.1 Å². The molecule has 2 aromatic rings. The van der Waals surface area contributed by atoms with Gasteiger partial charge in [0.25, 0.3) is 0 Å². The number of methoxy groups -OCH3 is 1. The van der Waals surface area contributed by atoms with Crippen LogP contribution in [0.2, 0.25) is 0 Å². The molecule has 122 valence electrons. The van der Waals surface area contributed by atoms with Gasteiger partial charge in [-0.1, -0.05) is 0 Å². The second-order valence-corrected chi connectivity index (χ2v) is 5.50. The molecule has 0 N–H and O–H groups in total. The Labute approximate surface area is 130 Å². The third kappa shape index (κ3) is 2.84. The number of aromatic nitrogens is 1. The van der Waals surface area contributed by atoms with Crippen molar-refractivity contribution in [2.75, 3.05) is 7.11 Å². The molecule has 1 heterocycles. The lowest BCUT2D eigenvalue weighted by atomic mass is 10.1. The van der Waals surface area contributed by atoms with Crippen LogP contribution in [0.25, 0.3) is 10.9 Å². The van der Waals surface area contributed by atoms with E-state index in [1.54, 1.807) is 4.57 Å². The quantitative estimate of drug-likeness (QED) is 0.641. The zero-order valence-electron chi connectivity index (χ0n) is 12.6. The summed E-state index contributed by atoms with van der Waals surface area (Å²) in [5.74, 6) is -3.02. The van der Waals surface area contributed by atoms with Crippen LogP contribution in [0, 0.1) is 11.6 Å². The van der Waals surface area contributed by atoms with Crippen LogP contribution in [-0.2, 0) is 9.47 Å². The fourth-order valence-electron chi connectivity index (χ4n) is 2.41. The zero-order valence-corrected chi connectivity index (χ0v) is 12.6. The molecule has 1 aromatic carbocycles. The number of rotatable bonds is 4. The first-order chi connectivity index (χ1) is 10.9. The predicted molar refractivity (Wildman–Crippen MR) is 78.3 cm³/mol. The van der Waals surface area contributed by atoms with Gasteiger partial charge in [-0.05, 0) is 25.8 Å². The highest BCUT2D eigenvalue weighted by Crippen LogP contribution is 2.37. The van der Waals surface area contributed by atoms with Gasteiger partial charge in [0.15, 0.2) is 17.9 Å². The summed E-state index contributed by atoms with van der Waals surface area (Å²) in [6.07, 6.45) is 2.22. The van der Waals surface area contributed by atoms with E-state index in [1.165, 1.54) is 20.2 Å². The molecule has 1 atom stereocenters. The Balaban J connectivity index is 2.20. The lowest BCUT2D eigenvalue weighted by Crippen LogP contribution is -2.24. The molecule has 0 radical (unpaired) electrons. The molecule has 0 spiro atoms. The van der Waals surface area contributed by atoms with E-state index in [0.717, 1.165) is 25.0 Å². The van der Waals surface area contributed by atoms with Gasteiger partial charge < -0.3 is 14.0 Å². The fourth-order valence-corrected chi connectivity index (χ4v) is 2.41. The molecule has 0 saturated heterocycles. The molecular formula is C16H15F2NO4. The molecule has 0 bridgehead atoms. The average Bonchev–Trinajstić information content (AvgIpc) is 3.34. The van der Waals surface area contributed by atoms with Crippen molar-refractivity contribution in [2.45, 2.75) is 32.1 Å². The molecule has 1 aliphatic rings. The molecule has 0 aliphatic heterocycles. The maximum atomic E-state index is 13.5. The Morgan fingerprint density at radius 3 is 2.57 bits per heavy atom. The number of pyridine rings is 1. The number of nitrogens with zero attached hydrogens (tertiary/aromatic N) is 1. The minimum absolute atomic E-state index is 0.0460. The average molecular weight is 323 g/mol. The molecule has 0 amide bonds. The molecule has 3 rings (SSSR count). The normalized spacial score (nSPS) is 15.7. The van der Waals surface area contributed by atoms with Gasteiger partial charge in [-0.2, -0.15) is 0 Å². The van der Waals surface area contributed by atoms with Crippen molar-refractivity contribution < 1.29 is 23.0 Å². The smallest absolute Gasteiger partial charge is 0.345 e. The number of ether oxygens (including phenoxy) is 2. The Morgan fingerprint density at radius 1 is 1.30 bits per heavy atom. The second kappa shape index (κ2) is 5.73. The van der Waals surface area contributed by atoms with Gasteiger partial charge in [0, 0.05) is 30.8 Å². The molecule has 1 aliphatic carbocycles. The first-order valence-corrected chi connectivity index (χ1v) is 7.20. The molecule has 1 unspecified atom stereocenters. The summed E-state index contributed by atoms with van der Waals surface area (Å²) < 4.78 is 38.5. The standard InChI is InChI=1S/C16H15F2NO4/c1-8(22-2)23-16(21)11-7-19(9-3-4-9)14-6-13(18)12(17)5-10(14)15(11)20/h5-9H,3-4H2,1-2H3. The third-order valence-corrected chi connectivity index (χ3v) is 3.84. The van der Waals surface area contributed by atoms with Gasteiger partial charge in [-0.3, -0.25) is 4.79 Å². The Bertz CT molecular complexity index is 842. The number of fused-ring (bicyclic) bond motifs is 1. The molecule has 1 saturated carbocycles. The summed E-state index contributed by atoms with van der Waals surface area (Å²) in [5.41, 5.74) is -0.642. The molecule has 1 aromatic heterocycles. The van der Waals surface area contributed by atoms with E-state index in [2.05, 4.69) is 0 Å². The van der Waals surface area contributed by atoms with Gasteiger partial charge in [-0.25, -0.2) is 13.6 Å². The van der Waals surface area contributed by atoms with E-state index < -0.39 is 29.3 Å². The van der Waals surface area contributed by atoms with Crippen LogP contribution in [0.1, 0.15) is 36.2 Å². The number of hydrogen-bond acceptors (Lipinski definition) is 4. The highest BCUT2D eigenvalue weighted by atomic mass is 19.2. The third-order valence-electron chi connectivity index (χ3n) is 3.84. The van der Waals surface area contributed by atoms with Gasteiger partial charge in [-0.15, -0.1) is 0 Å². The van der Waals surface area contributed by atoms with Crippen LogP contribution in [0.4, 0.5) is 8.78 Å². The predicted octanol–water partition coefficient (Wildman–Crippen LogP) is 2.76. The number of hydrogen-bond donors (Lipinski definition) is 0. The first kappa shape index (κ1) is 15.6. The van der Waals surface area contributed by atoms with Crippen LogP contribution in [0.5, 0.6) is 0 Å². The second-order valence-electron chi connectivity index (χ2n) is 5.50. The molecule has 1 fully saturated rings. The monoisotopic (exact) mass is 323 g/mol. The summed E-state index contributed by atoms with van der Waals surface area (Å²) >= 11 is 0. The Kier molecular flexibility index (Phi) is 3.89. The number of halogens is 2. The van der Waals surface area contributed by atoms with Crippen molar-refractivity contribution in [2.24, 2.45) is 0 Å². The van der Waals surface area contributed by atoms with Crippen molar-refractivity contribution in [3.05, 3.63) is 45.8 Å². The van der Waals surface area contributed by atoms with Gasteiger partial charge in [0.2, 0.25) is 5.43 Å². The van der Waals surface area contributed by atoms with Gasteiger partial charge >= 0.3 is 5.97 Å². The topological polar surface area (TPSA) is 57.5 Å². The highest BCUT2D eigenvalue weighted by molar-refractivity contribution is 5.94. The van der Waals surface area contributed by atoms with Crippen molar-refractivity contribution >= 4 is 16.9 Å². The molecule has 23 heavy (non-hydrogen) atoms. The minimum atomic E-state index is -1.13. The van der Waals surface area contributed by atoms with E-state index in [1.807, 2.05) is 0 Å². The van der Waals surface area contributed by atoms with Crippen LogP contribution in [0.3, 0.4) is 0 Å².